The Labute approximate surface area is 147 Å². The normalized spacial score (nSPS) is 16.2. The molecular weight excluding hydrogens is 342 g/mol. The zero-order valence-electron chi connectivity index (χ0n) is 14.2. The maximum atomic E-state index is 13.1. The number of amides is 1. The van der Waals surface area contributed by atoms with Gasteiger partial charge in [0.05, 0.1) is 4.90 Å². The maximum absolute atomic E-state index is 13.1. The molecule has 1 amide bonds. The minimum Gasteiger partial charge on any atom is -0.465 e. The van der Waals surface area contributed by atoms with Gasteiger partial charge in [-0.1, -0.05) is 24.3 Å². The van der Waals surface area contributed by atoms with Gasteiger partial charge in [-0.3, -0.25) is 0 Å². The van der Waals surface area contributed by atoms with Gasteiger partial charge >= 0.3 is 6.09 Å². The van der Waals surface area contributed by atoms with Crippen molar-refractivity contribution in [1.82, 2.24) is 9.21 Å². The van der Waals surface area contributed by atoms with E-state index in [1.54, 1.807) is 12.1 Å². The Kier molecular flexibility index (Phi) is 4.57. The summed E-state index contributed by atoms with van der Waals surface area (Å²) in [7, 11) is 0.150. The molecule has 0 saturated carbocycles. The molecule has 0 radical (unpaired) electrons. The molecular formula is C17H21N3O4S. The smallest absolute Gasteiger partial charge is 0.407 e. The van der Waals surface area contributed by atoms with Gasteiger partial charge in [-0.2, -0.15) is 4.31 Å². The number of benzene rings is 2. The Bertz CT molecular complexity index is 903. The molecule has 2 aromatic carbocycles. The van der Waals surface area contributed by atoms with Crippen molar-refractivity contribution in [3.63, 3.8) is 0 Å². The Hall–Kier alpha value is -2.32. The first-order valence-corrected chi connectivity index (χ1v) is 9.43. The van der Waals surface area contributed by atoms with Crippen LogP contribution in [-0.2, 0) is 10.0 Å². The number of carboxylic acid groups (broad SMARTS) is 1. The third kappa shape index (κ3) is 3.14. The highest BCUT2D eigenvalue weighted by molar-refractivity contribution is 7.89. The highest BCUT2D eigenvalue weighted by Gasteiger charge is 2.31. The molecule has 25 heavy (non-hydrogen) atoms. The first-order chi connectivity index (χ1) is 11.8. The molecule has 3 rings (SSSR count). The van der Waals surface area contributed by atoms with Gasteiger partial charge in [-0.15, -0.1) is 0 Å². The molecule has 1 heterocycles. The summed E-state index contributed by atoms with van der Waals surface area (Å²) in [6, 6.07) is 10.9. The van der Waals surface area contributed by atoms with Crippen LogP contribution < -0.4 is 4.90 Å². The van der Waals surface area contributed by atoms with E-state index in [1.807, 2.05) is 43.3 Å². The summed E-state index contributed by atoms with van der Waals surface area (Å²) in [5.41, 5.74) is 0.949. The number of hydrogen-bond acceptors (Lipinski definition) is 4. The van der Waals surface area contributed by atoms with Crippen molar-refractivity contribution in [2.75, 3.05) is 45.2 Å². The second-order valence-electron chi connectivity index (χ2n) is 6.20. The number of sulfonamides is 1. The maximum Gasteiger partial charge on any atom is 0.407 e. The number of nitrogens with zero attached hydrogens (tertiary/aromatic N) is 3. The molecule has 1 saturated heterocycles. The van der Waals surface area contributed by atoms with Crippen LogP contribution in [0.3, 0.4) is 0 Å². The summed E-state index contributed by atoms with van der Waals surface area (Å²) < 4.78 is 27.6. The van der Waals surface area contributed by atoms with E-state index in [2.05, 4.69) is 0 Å². The van der Waals surface area contributed by atoms with Crippen LogP contribution in [0.25, 0.3) is 10.8 Å². The minimum absolute atomic E-state index is 0.165. The van der Waals surface area contributed by atoms with Crippen LogP contribution in [-0.4, -0.2) is 69.1 Å². The van der Waals surface area contributed by atoms with E-state index in [4.69, 9.17) is 5.11 Å². The third-order valence-electron chi connectivity index (χ3n) is 4.47. The highest BCUT2D eigenvalue weighted by atomic mass is 32.2. The second-order valence-corrected chi connectivity index (χ2v) is 8.10. The minimum atomic E-state index is -3.69. The standard InChI is InChI=1S/C17H21N3O4S/c1-18(2)15-7-3-6-14-13(15)5-4-8-16(14)25(23,24)20-11-9-19(10-12-20)17(21)22/h3-8H,9-12H2,1-2H3,(H,21,22). The van der Waals surface area contributed by atoms with Crippen LogP contribution in [0.2, 0.25) is 0 Å². The SMILES string of the molecule is CN(C)c1cccc2c(S(=O)(=O)N3CCN(C(=O)O)CC3)cccc12. The lowest BCUT2D eigenvalue weighted by Crippen LogP contribution is -2.50. The molecule has 0 unspecified atom stereocenters. The van der Waals surface area contributed by atoms with E-state index in [9.17, 15) is 13.2 Å². The zero-order chi connectivity index (χ0) is 18.2. The lowest BCUT2D eigenvalue weighted by Gasteiger charge is -2.32. The lowest BCUT2D eigenvalue weighted by molar-refractivity contribution is 0.126. The van der Waals surface area contributed by atoms with Gasteiger partial charge in [0, 0.05) is 56.7 Å². The van der Waals surface area contributed by atoms with Crippen LogP contribution in [0.1, 0.15) is 0 Å². The van der Waals surface area contributed by atoms with E-state index in [0.717, 1.165) is 11.1 Å². The lowest BCUT2D eigenvalue weighted by atomic mass is 10.1. The predicted molar refractivity (Wildman–Crippen MR) is 96.6 cm³/mol. The monoisotopic (exact) mass is 363 g/mol. The van der Waals surface area contributed by atoms with E-state index in [1.165, 1.54) is 9.21 Å². The summed E-state index contributed by atoms with van der Waals surface area (Å²) in [6.45, 7) is 0.696. The summed E-state index contributed by atoms with van der Waals surface area (Å²) >= 11 is 0. The fraction of sp³-hybridized carbons (Fsp3) is 0.353. The molecule has 8 heteroatoms. The van der Waals surface area contributed by atoms with E-state index < -0.39 is 16.1 Å². The molecule has 0 spiro atoms. The Morgan fingerprint density at radius 3 is 2.20 bits per heavy atom. The molecule has 1 N–H and O–H groups in total. The molecule has 1 fully saturated rings. The summed E-state index contributed by atoms with van der Waals surface area (Å²) in [4.78, 5) is 14.5. The van der Waals surface area contributed by atoms with Gasteiger partial charge in [-0.05, 0) is 12.1 Å². The molecule has 1 aliphatic heterocycles. The van der Waals surface area contributed by atoms with Crippen LogP contribution in [0, 0.1) is 0 Å². The van der Waals surface area contributed by atoms with Crippen molar-refractivity contribution >= 4 is 32.6 Å². The molecule has 134 valence electrons. The summed E-state index contributed by atoms with van der Waals surface area (Å²) in [6.07, 6.45) is -1.02. The van der Waals surface area contributed by atoms with Crippen LogP contribution in [0.15, 0.2) is 41.3 Å². The van der Waals surface area contributed by atoms with E-state index in [-0.39, 0.29) is 31.1 Å². The van der Waals surface area contributed by atoms with Crippen LogP contribution >= 0.6 is 0 Å². The van der Waals surface area contributed by atoms with Gasteiger partial charge < -0.3 is 14.9 Å². The highest BCUT2D eigenvalue weighted by Crippen LogP contribution is 2.31. The number of rotatable bonds is 3. The van der Waals surface area contributed by atoms with Crippen molar-refractivity contribution in [1.29, 1.82) is 0 Å². The average molecular weight is 363 g/mol. The Balaban J connectivity index is 2.01. The molecule has 2 aromatic rings. The van der Waals surface area contributed by atoms with Crippen molar-refractivity contribution in [3.05, 3.63) is 36.4 Å². The average Bonchev–Trinajstić information content (AvgIpc) is 2.60. The first kappa shape index (κ1) is 17.5. The second kappa shape index (κ2) is 6.53. The third-order valence-corrected chi connectivity index (χ3v) is 6.42. The first-order valence-electron chi connectivity index (χ1n) is 7.99. The summed E-state index contributed by atoms with van der Waals surface area (Å²) in [5.74, 6) is 0. The van der Waals surface area contributed by atoms with Gasteiger partial charge in [-0.25, -0.2) is 13.2 Å². The molecule has 0 aliphatic carbocycles. The summed E-state index contributed by atoms with van der Waals surface area (Å²) in [5, 5.41) is 10.6. The van der Waals surface area contributed by atoms with Crippen LogP contribution in [0.5, 0.6) is 0 Å². The topological polar surface area (TPSA) is 81.2 Å². The zero-order valence-corrected chi connectivity index (χ0v) is 15.0. The van der Waals surface area contributed by atoms with Gasteiger partial charge in [0.15, 0.2) is 0 Å². The molecule has 1 aliphatic rings. The largest absolute Gasteiger partial charge is 0.465 e. The fourth-order valence-corrected chi connectivity index (χ4v) is 4.77. The Morgan fingerprint density at radius 1 is 1.00 bits per heavy atom. The fourth-order valence-electron chi connectivity index (χ4n) is 3.14. The quantitative estimate of drug-likeness (QED) is 0.901. The van der Waals surface area contributed by atoms with E-state index in [0.29, 0.717) is 5.39 Å². The van der Waals surface area contributed by atoms with Crippen molar-refractivity contribution in [2.45, 2.75) is 4.90 Å². The number of hydrogen-bond donors (Lipinski definition) is 1. The van der Waals surface area contributed by atoms with Gasteiger partial charge in [0.25, 0.3) is 0 Å². The van der Waals surface area contributed by atoms with Crippen molar-refractivity contribution in [3.8, 4) is 0 Å². The molecule has 0 aromatic heterocycles. The van der Waals surface area contributed by atoms with Crippen LogP contribution in [0.4, 0.5) is 10.5 Å². The van der Waals surface area contributed by atoms with Gasteiger partial charge in [0.1, 0.15) is 0 Å². The molecule has 0 bridgehead atoms. The van der Waals surface area contributed by atoms with Crippen molar-refractivity contribution in [2.24, 2.45) is 0 Å². The van der Waals surface area contributed by atoms with Gasteiger partial charge in [0.2, 0.25) is 10.0 Å². The van der Waals surface area contributed by atoms with Crippen molar-refractivity contribution < 1.29 is 18.3 Å². The number of anilines is 1. The molecule has 7 nitrogen and oxygen atoms in total. The predicted octanol–water partition coefficient (Wildman–Crippen LogP) is 1.89. The number of piperazine rings is 1. The Morgan fingerprint density at radius 2 is 1.60 bits per heavy atom. The number of fused-ring (bicyclic) bond motifs is 1. The molecule has 0 atom stereocenters. The van der Waals surface area contributed by atoms with E-state index >= 15 is 0 Å². The number of carbonyl (C=O) groups is 1.